The first-order valence-electron chi connectivity index (χ1n) is 7.28. The Labute approximate surface area is 139 Å². The van der Waals surface area contributed by atoms with Crippen molar-refractivity contribution in [1.29, 1.82) is 0 Å². The Morgan fingerprint density at radius 3 is 2.28 bits per heavy atom. The molecular formula is C13H28I2N2S. The van der Waals surface area contributed by atoms with Gasteiger partial charge in [0.15, 0.2) is 0 Å². The van der Waals surface area contributed by atoms with Crippen LogP contribution in [0.1, 0.15) is 46.0 Å². The van der Waals surface area contributed by atoms with Crippen LogP contribution in [-0.4, -0.2) is 47.7 Å². The van der Waals surface area contributed by atoms with Crippen molar-refractivity contribution in [2.24, 2.45) is 0 Å². The van der Waals surface area contributed by atoms with Crippen molar-refractivity contribution in [3.63, 3.8) is 0 Å². The molecule has 0 radical (unpaired) electrons. The van der Waals surface area contributed by atoms with E-state index in [4.69, 9.17) is 0 Å². The molecular weight excluding hydrogens is 470 g/mol. The van der Waals surface area contributed by atoms with Crippen molar-refractivity contribution in [1.82, 2.24) is 9.21 Å². The molecule has 0 aliphatic carbocycles. The minimum atomic E-state index is -0.553. The standard InChI is InChI=1S/C13H28I2N2S/c1-3-5-8-16-9-7-13-18(14,15)17(12-11-16)10-6-4-2/h3-13H2,1-2H3. The quantitative estimate of drug-likeness (QED) is 0.475. The Kier molecular flexibility index (Phi) is 9.51. The van der Waals surface area contributed by atoms with Gasteiger partial charge in [-0.25, -0.2) is 0 Å². The molecule has 0 amide bonds. The van der Waals surface area contributed by atoms with Gasteiger partial charge in [0.05, 0.1) is 0 Å². The Morgan fingerprint density at radius 1 is 0.944 bits per heavy atom. The van der Waals surface area contributed by atoms with E-state index in [2.05, 4.69) is 65.5 Å². The number of nitrogens with zero attached hydrogens (tertiary/aromatic N) is 2. The van der Waals surface area contributed by atoms with Crippen LogP contribution in [0.2, 0.25) is 0 Å². The van der Waals surface area contributed by atoms with Crippen molar-refractivity contribution in [2.45, 2.75) is 46.0 Å². The largest absolute Gasteiger partial charge is 0.302 e. The molecule has 2 nitrogen and oxygen atoms in total. The Hall–Kier alpha value is 1.73. The van der Waals surface area contributed by atoms with Gasteiger partial charge in [-0.2, -0.15) is 0 Å². The highest BCUT2D eigenvalue weighted by atomic mass is 127. The van der Waals surface area contributed by atoms with Gasteiger partial charge < -0.3 is 4.90 Å². The molecule has 0 aromatic carbocycles. The second-order valence-corrected chi connectivity index (χ2v) is 20.9. The van der Waals surface area contributed by atoms with Crippen LogP contribution in [0.4, 0.5) is 0 Å². The fourth-order valence-corrected chi connectivity index (χ4v) is 7.99. The Bertz CT molecular complexity index is 227. The second-order valence-electron chi connectivity index (χ2n) is 5.08. The molecule has 0 spiro atoms. The molecule has 5 heteroatoms. The number of rotatable bonds is 6. The summed E-state index contributed by atoms with van der Waals surface area (Å²) < 4.78 is 2.23. The summed E-state index contributed by atoms with van der Waals surface area (Å²) in [4.78, 5) is 2.68. The van der Waals surface area contributed by atoms with Gasteiger partial charge in [0.1, 0.15) is 0 Å². The number of unbranched alkanes of at least 4 members (excludes halogenated alkanes) is 2. The zero-order valence-electron chi connectivity index (χ0n) is 11.8. The van der Waals surface area contributed by atoms with Crippen LogP contribution in [0, 0.1) is 0 Å². The fourth-order valence-electron chi connectivity index (χ4n) is 2.27. The topological polar surface area (TPSA) is 6.48 Å². The van der Waals surface area contributed by atoms with E-state index < -0.39 is 4.56 Å². The van der Waals surface area contributed by atoms with Crippen molar-refractivity contribution < 1.29 is 0 Å². The third kappa shape index (κ3) is 6.45. The lowest BCUT2D eigenvalue weighted by molar-refractivity contribution is 0.245. The van der Waals surface area contributed by atoms with Crippen LogP contribution < -0.4 is 0 Å². The van der Waals surface area contributed by atoms with E-state index in [-0.39, 0.29) is 0 Å². The minimum absolute atomic E-state index is 0.553. The molecule has 1 aliphatic rings. The maximum Gasteiger partial charge on any atom is 0.0216 e. The van der Waals surface area contributed by atoms with Gasteiger partial charge in [0.25, 0.3) is 0 Å². The van der Waals surface area contributed by atoms with Gasteiger partial charge in [0, 0.05) is 67.8 Å². The molecule has 0 saturated carbocycles. The van der Waals surface area contributed by atoms with Crippen molar-refractivity contribution >= 4 is 47.0 Å². The Balaban J connectivity index is 2.48. The summed E-state index contributed by atoms with van der Waals surface area (Å²) in [5, 5.41) is 0. The molecule has 0 aromatic rings. The van der Waals surface area contributed by atoms with E-state index in [0.717, 1.165) is 0 Å². The van der Waals surface area contributed by atoms with Crippen LogP contribution in [0.5, 0.6) is 0 Å². The van der Waals surface area contributed by atoms with Crippen molar-refractivity contribution in [3.8, 4) is 0 Å². The molecule has 1 heterocycles. The third-order valence-electron chi connectivity index (χ3n) is 3.50. The van der Waals surface area contributed by atoms with Gasteiger partial charge in [-0.15, -0.1) is 0 Å². The molecule has 0 unspecified atom stereocenters. The van der Waals surface area contributed by atoms with Gasteiger partial charge in [-0.05, 0) is 32.4 Å². The number of hydrogen-bond acceptors (Lipinski definition) is 2. The lowest BCUT2D eigenvalue weighted by atomic mass is 10.3. The molecule has 0 aromatic heterocycles. The predicted octanol–water partition coefficient (Wildman–Crippen LogP) is 5.01. The summed E-state index contributed by atoms with van der Waals surface area (Å²) in [7, 11) is 0. The molecule has 18 heavy (non-hydrogen) atoms. The highest BCUT2D eigenvalue weighted by molar-refractivity contribution is 14.3. The lowest BCUT2D eigenvalue weighted by Crippen LogP contribution is -2.39. The summed E-state index contributed by atoms with van der Waals surface area (Å²) in [6.45, 7) is 11.1. The smallest absolute Gasteiger partial charge is 0.0216 e. The van der Waals surface area contributed by atoms with E-state index in [0.29, 0.717) is 0 Å². The van der Waals surface area contributed by atoms with Crippen LogP contribution >= 0.6 is 47.0 Å². The van der Waals surface area contributed by atoms with Crippen molar-refractivity contribution in [3.05, 3.63) is 0 Å². The maximum absolute atomic E-state index is 2.79. The van der Waals surface area contributed by atoms with E-state index in [1.165, 1.54) is 70.6 Å². The van der Waals surface area contributed by atoms with E-state index in [1.54, 1.807) is 0 Å². The molecule has 0 bridgehead atoms. The summed E-state index contributed by atoms with van der Waals surface area (Å²) in [5.74, 6) is 1.40. The van der Waals surface area contributed by atoms with Crippen LogP contribution in [0.3, 0.4) is 0 Å². The molecule has 1 fully saturated rings. The molecule has 1 aliphatic heterocycles. The molecule has 0 N–H and O–H groups in total. The van der Waals surface area contributed by atoms with Gasteiger partial charge in [-0.1, -0.05) is 31.2 Å². The average Bonchev–Trinajstić information content (AvgIpc) is 2.32. The summed E-state index contributed by atoms with van der Waals surface area (Å²) in [6, 6.07) is 0. The predicted molar refractivity (Wildman–Crippen MR) is 103 cm³/mol. The van der Waals surface area contributed by atoms with Crippen molar-refractivity contribution in [2.75, 3.05) is 38.5 Å². The Morgan fingerprint density at radius 2 is 1.61 bits per heavy atom. The van der Waals surface area contributed by atoms with Gasteiger partial charge >= 0.3 is 0 Å². The zero-order valence-corrected chi connectivity index (χ0v) is 17.0. The average molecular weight is 498 g/mol. The number of hydrogen-bond donors (Lipinski definition) is 0. The summed E-state index contributed by atoms with van der Waals surface area (Å²) in [5.41, 5.74) is 0. The second kappa shape index (κ2) is 9.63. The molecule has 1 rings (SSSR count). The van der Waals surface area contributed by atoms with Gasteiger partial charge in [-0.3, -0.25) is 4.31 Å². The van der Waals surface area contributed by atoms with E-state index in [9.17, 15) is 0 Å². The first kappa shape index (κ1) is 17.8. The zero-order chi connectivity index (χ0) is 13.4. The fraction of sp³-hybridized carbons (Fsp3) is 1.00. The first-order valence-corrected chi connectivity index (χ1v) is 14.1. The normalized spacial score (nSPS) is 24.4. The van der Waals surface area contributed by atoms with Crippen LogP contribution in [-0.2, 0) is 0 Å². The first-order chi connectivity index (χ1) is 8.60. The van der Waals surface area contributed by atoms with E-state index >= 15 is 0 Å². The van der Waals surface area contributed by atoms with Crippen LogP contribution in [0.25, 0.3) is 0 Å². The monoisotopic (exact) mass is 498 g/mol. The summed E-state index contributed by atoms with van der Waals surface area (Å²) in [6.07, 6.45) is 6.74. The molecule has 1 saturated heterocycles. The molecule has 110 valence electrons. The maximum atomic E-state index is 2.79. The highest BCUT2D eigenvalue weighted by Crippen LogP contribution is 2.67. The number of halogens is 2. The highest BCUT2D eigenvalue weighted by Gasteiger charge is 2.27. The van der Waals surface area contributed by atoms with Crippen LogP contribution in [0.15, 0.2) is 0 Å². The SMILES string of the molecule is CCCCN1CCCS(I)(I)N(CCCC)CC1. The van der Waals surface area contributed by atoms with E-state index in [1.807, 2.05) is 0 Å². The molecule has 0 atom stereocenters. The minimum Gasteiger partial charge on any atom is -0.302 e. The third-order valence-corrected chi connectivity index (χ3v) is 11.4. The van der Waals surface area contributed by atoms with Gasteiger partial charge in [0.2, 0.25) is 0 Å². The summed E-state index contributed by atoms with van der Waals surface area (Å²) >= 11 is 5.50. The lowest BCUT2D eigenvalue weighted by Gasteiger charge is -2.42.